The summed E-state index contributed by atoms with van der Waals surface area (Å²) in [4.78, 5) is 11.3. The van der Waals surface area contributed by atoms with Crippen molar-refractivity contribution in [1.29, 1.82) is 0 Å². The van der Waals surface area contributed by atoms with E-state index >= 15 is 0 Å². The molecule has 4 rings (SSSR count). The summed E-state index contributed by atoms with van der Waals surface area (Å²) in [6.07, 6.45) is 12.4. The highest BCUT2D eigenvalue weighted by atomic mass is 28.4. The van der Waals surface area contributed by atoms with Crippen molar-refractivity contribution in [2.45, 2.75) is 137 Å². The summed E-state index contributed by atoms with van der Waals surface area (Å²) in [5.74, 6) is 4.43. The van der Waals surface area contributed by atoms with E-state index in [-0.39, 0.29) is 5.04 Å². The van der Waals surface area contributed by atoms with E-state index in [4.69, 9.17) is 4.43 Å². The normalized spacial score (nSPS) is 44.8. The highest BCUT2D eigenvalue weighted by molar-refractivity contribution is 6.74. The van der Waals surface area contributed by atoms with E-state index in [0.29, 0.717) is 41.1 Å². The Morgan fingerprint density at radius 1 is 1.03 bits per heavy atom. The second-order valence-electron chi connectivity index (χ2n) is 15.7. The first-order valence-corrected chi connectivity index (χ1v) is 17.9. The third-order valence-corrected chi connectivity index (χ3v) is 17.3. The number of fused-ring (bicyclic) bond motifs is 5. The van der Waals surface area contributed by atoms with Crippen LogP contribution in [0.3, 0.4) is 0 Å². The van der Waals surface area contributed by atoms with Crippen LogP contribution in [0.25, 0.3) is 0 Å². The predicted molar refractivity (Wildman–Crippen MR) is 148 cm³/mol. The van der Waals surface area contributed by atoms with Crippen LogP contribution in [0, 0.1) is 52.3 Å². The molecule has 0 aliphatic heterocycles. The molecule has 4 fully saturated rings. The lowest BCUT2D eigenvalue weighted by molar-refractivity contribution is -0.165. The van der Waals surface area contributed by atoms with Crippen LogP contribution in [0.1, 0.15) is 113 Å². The summed E-state index contributed by atoms with van der Waals surface area (Å²) >= 11 is 0. The number of carbonyl (C=O) groups is 1. The Hall–Kier alpha value is -0.353. The van der Waals surface area contributed by atoms with Gasteiger partial charge in [-0.2, -0.15) is 0 Å². The van der Waals surface area contributed by atoms with Gasteiger partial charge in [-0.3, -0.25) is 4.79 Å². The molecule has 0 aromatic heterocycles. The van der Waals surface area contributed by atoms with Gasteiger partial charge in [-0.25, -0.2) is 0 Å². The number of rotatable bonds is 6. The van der Waals surface area contributed by atoms with Crippen molar-refractivity contribution >= 4 is 14.3 Å². The SMILES string of the molecule is C[C@@H]1CC[C@]2(C)C3CC[C@@]4(C)C(CC[C@@H]4[C@H](C)CCC(=O)O)[C@@H]3[C@H](O[Si](C)(C)C(C)(C)C)C[C@@H]2C1. The molecule has 0 amide bonds. The number of carboxylic acid groups (broad SMARTS) is 1. The maximum absolute atomic E-state index is 11.3. The zero-order chi connectivity index (χ0) is 26.0. The van der Waals surface area contributed by atoms with Gasteiger partial charge in [0.25, 0.3) is 0 Å². The molecule has 4 aliphatic rings. The number of hydrogen-bond donors (Lipinski definition) is 1. The van der Waals surface area contributed by atoms with Crippen molar-refractivity contribution in [2.24, 2.45) is 52.3 Å². The quantitative estimate of drug-likeness (QED) is 0.368. The molecule has 3 nitrogen and oxygen atoms in total. The predicted octanol–water partition coefficient (Wildman–Crippen LogP) is 8.78. The van der Waals surface area contributed by atoms with Gasteiger partial charge < -0.3 is 9.53 Å². The number of carboxylic acids is 1. The third-order valence-electron chi connectivity index (χ3n) is 12.7. The van der Waals surface area contributed by atoms with Gasteiger partial charge in [0, 0.05) is 12.5 Å². The van der Waals surface area contributed by atoms with Crippen molar-refractivity contribution in [3.63, 3.8) is 0 Å². The topological polar surface area (TPSA) is 46.5 Å². The lowest BCUT2D eigenvalue weighted by atomic mass is 9.43. The van der Waals surface area contributed by atoms with Crippen LogP contribution in [0.4, 0.5) is 0 Å². The Morgan fingerprint density at radius 2 is 1.66 bits per heavy atom. The van der Waals surface area contributed by atoms with Crippen LogP contribution in [0.5, 0.6) is 0 Å². The standard InChI is InChI=1S/C31H56O3Si/c1-20-14-16-30(6)22(18-20)19-26(34-35(8,9)29(3,4)5)28-24-12-11-23(21(2)10-13-27(32)33)31(24,7)17-15-25(28)30/h20-26,28H,10-19H2,1-9H3,(H,32,33)/t20-,21-,22+,23-,24?,25?,26-,28+,30+,31-/m1/s1. The minimum atomic E-state index is -1.86. The van der Waals surface area contributed by atoms with Gasteiger partial charge in [-0.15, -0.1) is 0 Å². The van der Waals surface area contributed by atoms with Gasteiger partial charge in [0.05, 0.1) is 0 Å². The molecule has 0 bridgehead atoms. The Kier molecular flexibility index (Phi) is 7.46. The zero-order valence-electron chi connectivity index (χ0n) is 24.5. The van der Waals surface area contributed by atoms with Crippen molar-refractivity contribution in [3.05, 3.63) is 0 Å². The summed E-state index contributed by atoms with van der Waals surface area (Å²) in [6.45, 7) is 22.2. The van der Waals surface area contributed by atoms with Gasteiger partial charge in [0.2, 0.25) is 0 Å². The molecule has 4 saturated carbocycles. The molecule has 202 valence electrons. The van der Waals surface area contributed by atoms with Crippen LogP contribution in [0.15, 0.2) is 0 Å². The number of aliphatic carboxylic acids is 1. The highest BCUT2D eigenvalue weighted by Crippen LogP contribution is 2.69. The van der Waals surface area contributed by atoms with Crippen LogP contribution >= 0.6 is 0 Å². The van der Waals surface area contributed by atoms with Crippen molar-refractivity contribution in [1.82, 2.24) is 0 Å². The zero-order valence-corrected chi connectivity index (χ0v) is 25.5. The van der Waals surface area contributed by atoms with Crippen molar-refractivity contribution < 1.29 is 14.3 Å². The fraction of sp³-hybridized carbons (Fsp3) is 0.968. The Labute approximate surface area is 217 Å². The van der Waals surface area contributed by atoms with Crippen LogP contribution < -0.4 is 0 Å². The minimum absolute atomic E-state index is 0.241. The summed E-state index contributed by atoms with van der Waals surface area (Å²) < 4.78 is 7.43. The van der Waals surface area contributed by atoms with Crippen molar-refractivity contribution in [3.8, 4) is 0 Å². The highest BCUT2D eigenvalue weighted by Gasteiger charge is 2.63. The van der Waals surface area contributed by atoms with Gasteiger partial charge in [0.1, 0.15) is 0 Å². The summed E-state index contributed by atoms with van der Waals surface area (Å²) in [6, 6.07) is 0. The molecule has 0 saturated heterocycles. The molecule has 0 aromatic carbocycles. The Morgan fingerprint density at radius 3 is 2.29 bits per heavy atom. The van der Waals surface area contributed by atoms with Gasteiger partial charge in [0.15, 0.2) is 8.32 Å². The Balaban J connectivity index is 1.66. The van der Waals surface area contributed by atoms with Gasteiger partial charge in [-0.05, 0) is 122 Å². The number of hydrogen-bond acceptors (Lipinski definition) is 2. The van der Waals surface area contributed by atoms with E-state index in [1.165, 1.54) is 51.4 Å². The lowest BCUT2D eigenvalue weighted by Crippen LogP contribution is -2.60. The summed E-state index contributed by atoms with van der Waals surface area (Å²) in [5, 5.41) is 9.55. The minimum Gasteiger partial charge on any atom is -0.481 e. The average molecular weight is 505 g/mol. The maximum Gasteiger partial charge on any atom is 0.303 e. The largest absolute Gasteiger partial charge is 0.481 e. The molecule has 4 aliphatic carbocycles. The summed E-state index contributed by atoms with van der Waals surface area (Å²) in [5.41, 5.74) is 0.831. The average Bonchev–Trinajstić information content (AvgIpc) is 3.09. The van der Waals surface area contributed by atoms with Crippen LogP contribution in [-0.4, -0.2) is 25.5 Å². The van der Waals surface area contributed by atoms with E-state index < -0.39 is 14.3 Å². The molecule has 0 aromatic rings. The van der Waals surface area contributed by atoms with Gasteiger partial charge >= 0.3 is 5.97 Å². The van der Waals surface area contributed by atoms with E-state index in [2.05, 4.69) is 61.6 Å². The Bertz CT molecular complexity index is 787. The smallest absolute Gasteiger partial charge is 0.303 e. The fourth-order valence-electron chi connectivity index (χ4n) is 9.62. The molecule has 35 heavy (non-hydrogen) atoms. The van der Waals surface area contributed by atoms with E-state index in [1.807, 2.05) is 0 Å². The molecule has 2 unspecified atom stereocenters. The molecule has 0 radical (unpaired) electrons. The monoisotopic (exact) mass is 504 g/mol. The second-order valence-corrected chi connectivity index (χ2v) is 20.4. The second kappa shape index (κ2) is 9.44. The molecular formula is C31H56O3Si. The molecule has 4 heteroatoms. The molecule has 0 spiro atoms. The van der Waals surface area contributed by atoms with Gasteiger partial charge in [-0.1, -0.05) is 54.9 Å². The first-order valence-electron chi connectivity index (χ1n) is 15.0. The fourth-order valence-corrected chi connectivity index (χ4v) is 11.0. The molecular weight excluding hydrogens is 448 g/mol. The first-order chi connectivity index (χ1) is 16.1. The summed E-state index contributed by atoms with van der Waals surface area (Å²) in [7, 11) is -1.86. The van der Waals surface area contributed by atoms with Crippen LogP contribution in [0.2, 0.25) is 18.1 Å². The molecule has 1 N–H and O–H groups in total. The molecule has 0 heterocycles. The van der Waals surface area contributed by atoms with E-state index in [9.17, 15) is 9.90 Å². The van der Waals surface area contributed by atoms with E-state index in [1.54, 1.807) is 0 Å². The first kappa shape index (κ1) is 27.7. The molecule has 10 atom stereocenters. The maximum atomic E-state index is 11.3. The van der Waals surface area contributed by atoms with E-state index in [0.717, 1.165) is 30.1 Å². The van der Waals surface area contributed by atoms with Crippen molar-refractivity contribution in [2.75, 3.05) is 0 Å². The third kappa shape index (κ3) is 4.82. The lowest BCUT2D eigenvalue weighted by Gasteiger charge is -2.64. The van der Waals surface area contributed by atoms with Crippen LogP contribution in [-0.2, 0) is 9.22 Å².